The molecule has 9 nitrogen and oxygen atoms in total. The van der Waals surface area contributed by atoms with E-state index in [0.29, 0.717) is 29.7 Å². The van der Waals surface area contributed by atoms with E-state index in [1.165, 1.54) is 11.8 Å². The van der Waals surface area contributed by atoms with Crippen molar-refractivity contribution in [3.8, 4) is 11.4 Å². The molecule has 150 valence electrons. The van der Waals surface area contributed by atoms with Gasteiger partial charge in [-0.15, -0.1) is 10.2 Å². The van der Waals surface area contributed by atoms with Gasteiger partial charge in [-0.25, -0.2) is 0 Å². The molecule has 2 amide bonds. The normalized spacial score (nSPS) is 10.5. The molecule has 0 unspecified atom stereocenters. The molecule has 29 heavy (non-hydrogen) atoms. The van der Waals surface area contributed by atoms with Crippen molar-refractivity contribution >= 4 is 23.6 Å². The fourth-order valence-corrected chi connectivity index (χ4v) is 3.21. The number of hydrogen-bond acceptors (Lipinski definition) is 7. The van der Waals surface area contributed by atoms with Crippen molar-refractivity contribution in [1.29, 1.82) is 0 Å². The average molecular weight is 412 g/mol. The highest BCUT2D eigenvalue weighted by atomic mass is 32.2. The van der Waals surface area contributed by atoms with Crippen molar-refractivity contribution in [1.82, 2.24) is 30.6 Å². The molecule has 2 heterocycles. The number of pyridine rings is 1. The van der Waals surface area contributed by atoms with E-state index >= 15 is 0 Å². The van der Waals surface area contributed by atoms with E-state index in [4.69, 9.17) is 4.74 Å². The third-order valence-electron chi connectivity index (χ3n) is 3.86. The predicted molar refractivity (Wildman–Crippen MR) is 108 cm³/mol. The van der Waals surface area contributed by atoms with Crippen LogP contribution in [0.3, 0.4) is 0 Å². The van der Waals surface area contributed by atoms with Crippen molar-refractivity contribution in [2.45, 2.75) is 11.7 Å². The fourth-order valence-electron chi connectivity index (χ4n) is 2.45. The minimum Gasteiger partial charge on any atom is -0.383 e. The number of carbonyl (C=O) groups is 2. The van der Waals surface area contributed by atoms with E-state index in [2.05, 4.69) is 26.0 Å². The van der Waals surface area contributed by atoms with Crippen molar-refractivity contribution in [3.05, 3.63) is 60.4 Å². The van der Waals surface area contributed by atoms with Crippen molar-refractivity contribution in [3.63, 3.8) is 0 Å². The summed E-state index contributed by atoms with van der Waals surface area (Å²) in [6.45, 7) is 1.01. The molecule has 10 heteroatoms. The second-order valence-electron chi connectivity index (χ2n) is 5.84. The van der Waals surface area contributed by atoms with Crippen LogP contribution in [0.4, 0.5) is 0 Å². The van der Waals surface area contributed by atoms with Gasteiger partial charge in [-0.05, 0) is 24.3 Å². The lowest BCUT2D eigenvalue weighted by atomic mass is 10.2. The maximum atomic E-state index is 12.1. The van der Waals surface area contributed by atoms with E-state index in [-0.39, 0.29) is 17.6 Å². The van der Waals surface area contributed by atoms with Gasteiger partial charge in [0.1, 0.15) is 0 Å². The maximum absolute atomic E-state index is 12.1. The summed E-state index contributed by atoms with van der Waals surface area (Å²) in [5, 5.41) is 9.01. The van der Waals surface area contributed by atoms with Crippen molar-refractivity contribution in [2.75, 3.05) is 19.5 Å². The Hall–Kier alpha value is -3.24. The van der Waals surface area contributed by atoms with Gasteiger partial charge in [0, 0.05) is 30.6 Å². The highest BCUT2D eigenvalue weighted by molar-refractivity contribution is 7.99. The minimum atomic E-state index is -0.382. The summed E-state index contributed by atoms with van der Waals surface area (Å²) in [5.41, 5.74) is 6.13. The van der Waals surface area contributed by atoms with Crippen molar-refractivity contribution in [2.24, 2.45) is 0 Å². The Morgan fingerprint density at radius 1 is 1.07 bits per heavy atom. The number of ether oxygens (including phenoxy) is 1. The molecule has 3 rings (SSSR count). The number of hydrazine groups is 1. The first-order valence-corrected chi connectivity index (χ1v) is 9.77. The van der Waals surface area contributed by atoms with E-state index in [0.717, 1.165) is 5.56 Å². The van der Waals surface area contributed by atoms with Crippen molar-refractivity contribution < 1.29 is 14.3 Å². The second-order valence-corrected chi connectivity index (χ2v) is 6.79. The number of nitrogens with one attached hydrogen (secondary N) is 2. The molecular weight excluding hydrogens is 392 g/mol. The molecule has 2 N–H and O–H groups in total. The smallest absolute Gasteiger partial charge is 0.269 e. The lowest BCUT2D eigenvalue weighted by Crippen LogP contribution is -2.42. The summed E-state index contributed by atoms with van der Waals surface area (Å²) in [5.74, 6) is -0.000704. The van der Waals surface area contributed by atoms with E-state index in [1.54, 1.807) is 43.8 Å². The van der Waals surface area contributed by atoms with Gasteiger partial charge in [0.2, 0.25) is 5.91 Å². The van der Waals surface area contributed by atoms with Crippen LogP contribution >= 0.6 is 11.8 Å². The zero-order valence-corrected chi connectivity index (χ0v) is 16.6. The Morgan fingerprint density at radius 3 is 2.55 bits per heavy atom. The largest absolute Gasteiger partial charge is 0.383 e. The van der Waals surface area contributed by atoms with E-state index in [9.17, 15) is 9.59 Å². The van der Waals surface area contributed by atoms with Gasteiger partial charge in [-0.2, -0.15) is 0 Å². The summed E-state index contributed by atoms with van der Waals surface area (Å²) < 4.78 is 7.06. The van der Waals surface area contributed by atoms with Crippen LogP contribution in [-0.2, 0) is 16.1 Å². The third-order valence-corrected chi connectivity index (χ3v) is 4.82. The molecule has 0 radical (unpaired) electrons. The number of aromatic nitrogens is 4. The maximum Gasteiger partial charge on any atom is 0.269 e. The standard InChI is InChI=1S/C19H20N6O3S/c1-28-12-11-25-17(14-7-9-20-10-8-14)22-24-19(25)29-13-16(26)21-23-18(27)15-5-3-2-4-6-15/h2-10H,11-13H2,1H3,(H,21,26)(H,23,27). The lowest BCUT2D eigenvalue weighted by molar-refractivity contribution is -0.119. The van der Waals surface area contributed by atoms with Crippen LogP contribution in [-0.4, -0.2) is 51.0 Å². The minimum absolute atomic E-state index is 0.0660. The molecular formula is C19H20N6O3S. The third kappa shape index (κ3) is 5.62. The highest BCUT2D eigenvalue weighted by Gasteiger charge is 2.16. The first-order valence-electron chi connectivity index (χ1n) is 8.78. The van der Waals surface area contributed by atoms with Crippen LogP contribution < -0.4 is 10.9 Å². The number of amides is 2. The first kappa shape index (κ1) is 20.5. The first-order chi connectivity index (χ1) is 14.2. The number of hydrogen-bond donors (Lipinski definition) is 2. The Kier molecular flexibility index (Phi) is 7.31. The number of benzene rings is 1. The van der Waals surface area contributed by atoms with Gasteiger partial charge < -0.3 is 4.74 Å². The molecule has 0 aliphatic heterocycles. The molecule has 0 aliphatic rings. The van der Waals surface area contributed by atoms with Crippen LogP contribution in [0.15, 0.2) is 60.0 Å². The number of rotatable bonds is 8. The van der Waals surface area contributed by atoms with Crippen LogP contribution in [0.1, 0.15) is 10.4 Å². The van der Waals surface area contributed by atoms with Gasteiger partial charge in [0.15, 0.2) is 11.0 Å². The number of carbonyl (C=O) groups excluding carboxylic acids is 2. The Balaban J connectivity index is 1.60. The average Bonchev–Trinajstić information content (AvgIpc) is 3.18. The number of nitrogens with zero attached hydrogens (tertiary/aromatic N) is 4. The molecule has 0 saturated carbocycles. The zero-order chi connectivity index (χ0) is 20.5. The summed E-state index contributed by atoms with van der Waals surface area (Å²) in [4.78, 5) is 28.1. The predicted octanol–water partition coefficient (Wildman–Crippen LogP) is 1.54. The monoisotopic (exact) mass is 412 g/mol. The SMILES string of the molecule is COCCn1c(SCC(=O)NNC(=O)c2ccccc2)nnc1-c1ccncc1. The molecule has 0 aliphatic carbocycles. The Morgan fingerprint density at radius 2 is 1.83 bits per heavy atom. The molecule has 3 aromatic rings. The van der Waals surface area contributed by atoms with Gasteiger partial charge in [-0.3, -0.25) is 30.0 Å². The van der Waals surface area contributed by atoms with Crippen LogP contribution in [0.25, 0.3) is 11.4 Å². The van der Waals surface area contributed by atoms with Gasteiger partial charge in [0.25, 0.3) is 5.91 Å². The second kappa shape index (κ2) is 10.3. The molecule has 0 bridgehead atoms. The number of thioether (sulfide) groups is 1. The van der Waals surface area contributed by atoms with Crippen LogP contribution in [0.2, 0.25) is 0 Å². The van der Waals surface area contributed by atoms with Crippen LogP contribution in [0, 0.1) is 0 Å². The summed E-state index contributed by atoms with van der Waals surface area (Å²) in [7, 11) is 1.62. The quantitative estimate of drug-likeness (QED) is 0.426. The zero-order valence-electron chi connectivity index (χ0n) is 15.7. The molecule has 1 aromatic carbocycles. The summed E-state index contributed by atoms with van der Waals surface area (Å²) >= 11 is 1.22. The molecule has 0 atom stereocenters. The lowest BCUT2D eigenvalue weighted by Gasteiger charge is -2.10. The van der Waals surface area contributed by atoms with Gasteiger partial charge in [0.05, 0.1) is 18.9 Å². The molecule has 0 fully saturated rings. The van der Waals surface area contributed by atoms with Gasteiger partial charge in [-0.1, -0.05) is 30.0 Å². The number of methoxy groups -OCH3 is 1. The Bertz CT molecular complexity index is 949. The van der Waals surface area contributed by atoms with Crippen LogP contribution in [0.5, 0.6) is 0 Å². The topological polar surface area (TPSA) is 111 Å². The molecule has 0 saturated heterocycles. The van der Waals surface area contributed by atoms with E-state index < -0.39 is 0 Å². The highest BCUT2D eigenvalue weighted by Crippen LogP contribution is 2.23. The molecule has 2 aromatic heterocycles. The van der Waals surface area contributed by atoms with E-state index in [1.807, 2.05) is 22.8 Å². The molecule has 0 spiro atoms. The van der Waals surface area contributed by atoms with Gasteiger partial charge >= 0.3 is 0 Å². The fraction of sp³-hybridized carbons (Fsp3) is 0.211. The summed E-state index contributed by atoms with van der Waals surface area (Å²) in [6.07, 6.45) is 3.36. The summed E-state index contributed by atoms with van der Waals surface area (Å²) in [6, 6.07) is 12.3. The Labute approximate surface area is 171 Å².